The Kier molecular flexibility index (Phi) is 3.83. The Bertz CT molecular complexity index is 765. The summed E-state index contributed by atoms with van der Waals surface area (Å²) in [4.78, 5) is 13.2. The Labute approximate surface area is 134 Å². The van der Waals surface area contributed by atoms with Gasteiger partial charge >= 0.3 is 0 Å². The first-order valence-corrected chi connectivity index (χ1v) is 7.27. The van der Waals surface area contributed by atoms with E-state index in [-0.39, 0.29) is 0 Å². The van der Waals surface area contributed by atoms with Gasteiger partial charge in [-0.1, -0.05) is 12.1 Å². The smallest absolute Gasteiger partial charge is 0.153 e. The monoisotopic (exact) mass is 309 g/mol. The third kappa shape index (κ3) is 2.93. The maximum Gasteiger partial charge on any atom is 0.153 e. The Hall–Kier alpha value is -2.73. The van der Waals surface area contributed by atoms with Crippen LogP contribution in [-0.4, -0.2) is 29.3 Å². The van der Waals surface area contributed by atoms with Crippen molar-refractivity contribution in [1.29, 1.82) is 0 Å². The molecule has 6 heteroatoms. The minimum Gasteiger partial charge on any atom is -0.497 e. The molecular weight excluding hydrogens is 290 g/mol. The lowest BCUT2D eigenvalue weighted by molar-refractivity contribution is 0.415. The summed E-state index contributed by atoms with van der Waals surface area (Å²) in [5.74, 6) is 1.32. The van der Waals surface area contributed by atoms with E-state index < -0.39 is 5.54 Å². The molecule has 1 unspecified atom stereocenters. The largest absolute Gasteiger partial charge is 0.497 e. The van der Waals surface area contributed by atoms with Crippen LogP contribution in [0.5, 0.6) is 5.75 Å². The summed E-state index contributed by atoms with van der Waals surface area (Å²) in [7, 11) is 1.64. The molecule has 6 nitrogen and oxygen atoms in total. The minimum atomic E-state index is -0.859. The topological polar surface area (TPSA) is 99.4 Å². The summed E-state index contributed by atoms with van der Waals surface area (Å²) in [6.45, 7) is 2.25. The molecule has 0 aliphatic carbocycles. The number of allylic oxidation sites excluding steroid dienone is 1. The fourth-order valence-corrected chi connectivity index (χ4v) is 2.40. The highest BCUT2D eigenvalue weighted by Gasteiger charge is 2.31. The molecule has 118 valence electrons. The highest BCUT2D eigenvalue weighted by Crippen LogP contribution is 2.25. The molecule has 0 amide bonds. The molecule has 0 fully saturated rings. The molecule has 1 aliphatic heterocycles. The standard InChI is InChI=1S/C17H19N5O/c1-11-15(18)7-17(19,10-22-11)16-20-8-13(9-21-16)12-3-5-14(23-2)6-4-12/h3-9H,10,18-19H2,1-2H3. The second-order valence-electron chi connectivity index (χ2n) is 5.57. The van der Waals surface area contributed by atoms with Crippen molar-refractivity contribution >= 4 is 5.71 Å². The number of methoxy groups -OCH3 is 1. The van der Waals surface area contributed by atoms with Gasteiger partial charge in [0.15, 0.2) is 5.82 Å². The average Bonchev–Trinajstić information content (AvgIpc) is 2.59. The minimum absolute atomic E-state index is 0.390. The zero-order chi connectivity index (χ0) is 16.4. The third-order valence-electron chi connectivity index (χ3n) is 3.90. The molecule has 23 heavy (non-hydrogen) atoms. The third-order valence-corrected chi connectivity index (χ3v) is 3.90. The van der Waals surface area contributed by atoms with Crippen molar-refractivity contribution < 1.29 is 4.74 Å². The quantitative estimate of drug-likeness (QED) is 0.897. The maximum absolute atomic E-state index is 6.35. The first-order chi connectivity index (χ1) is 11.0. The molecule has 1 aromatic carbocycles. The van der Waals surface area contributed by atoms with Gasteiger partial charge in [0.2, 0.25) is 0 Å². The molecule has 0 saturated carbocycles. The summed E-state index contributed by atoms with van der Waals surface area (Å²) < 4.78 is 5.16. The van der Waals surface area contributed by atoms with Crippen molar-refractivity contribution in [1.82, 2.24) is 9.97 Å². The summed E-state index contributed by atoms with van der Waals surface area (Å²) in [6, 6.07) is 7.72. The molecule has 1 aliphatic rings. The van der Waals surface area contributed by atoms with E-state index in [1.165, 1.54) is 0 Å². The Morgan fingerprint density at radius 1 is 1.09 bits per heavy atom. The number of nitrogens with two attached hydrogens (primary N) is 2. The summed E-state index contributed by atoms with van der Waals surface area (Å²) in [6.07, 6.45) is 5.29. The van der Waals surface area contributed by atoms with Crippen LogP contribution in [0, 0.1) is 0 Å². The van der Waals surface area contributed by atoms with E-state index in [2.05, 4.69) is 15.0 Å². The van der Waals surface area contributed by atoms with Crippen molar-refractivity contribution in [3.8, 4) is 16.9 Å². The second-order valence-corrected chi connectivity index (χ2v) is 5.57. The lowest BCUT2D eigenvalue weighted by Gasteiger charge is -2.26. The number of hydrogen-bond donors (Lipinski definition) is 2. The number of nitrogens with zero attached hydrogens (tertiary/aromatic N) is 3. The summed E-state index contributed by atoms with van der Waals surface area (Å²) in [5, 5.41) is 0. The van der Waals surface area contributed by atoms with Crippen LogP contribution < -0.4 is 16.2 Å². The molecule has 2 heterocycles. The van der Waals surface area contributed by atoms with E-state index in [0.717, 1.165) is 22.6 Å². The van der Waals surface area contributed by atoms with E-state index >= 15 is 0 Å². The molecular formula is C17H19N5O. The number of rotatable bonds is 3. The zero-order valence-corrected chi connectivity index (χ0v) is 13.2. The van der Waals surface area contributed by atoms with Gasteiger partial charge < -0.3 is 16.2 Å². The van der Waals surface area contributed by atoms with Crippen LogP contribution in [-0.2, 0) is 5.54 Å². The Balaban J connectivity index is 1.87. The second kappa shape index (κ2) is 5.81. The molecule has 1 atom stereocenters. The van der Waals surface area contributed by atoms with E-state index in [1.807, 2.05) is 31.2 Å². The molecule has 4 N–H and O–H groups in total. The number of dihydropyridines is 1. The van der Waals surface area contributed by atoms with Gasteiger partial charge in [0.1, 0.15) is 11.3 Å². The van der Waals surface area contributed by atoms with Gasteiger partial charge in [0.05, 0.1) is 25.1 Å². The molecule has 0 saturated heterocycles. The fraction of sp³-hybridized carbons (Fsp3) is 0.235. The molecule has 0 radical (unpaired) electrons. The SMILES string of the molecule is COc1ccc(-c2cnc(C3(N)C=C(N)C(C)=NC3)nc2)cc1. The van der Waals surface area contributed by atoms with Gasteiger partial charge in [0.25, 0.3) is 0 Å². The number of benzene rings is 1. The number of aliphatic imine (C=N–C) groups is 1. The molecule has 0 spiro atoms. The Morgan fingerprint density at radius 2 is 1.74 bits per heavy atom. The number of hydrogen-bond acceptors (Lipinski definition) is 6. The van der Waals surface area contributed by atoms with Gasteiger partial charge in [0, 0.05) is 18.0 Å². The lowest BCUT2D eigenvalue weighted by atomic mass is 9.94. The van der Waals surface area contributed by atoms with Gasteiger partial charge in [-0.25, -0.2) is 9.97 Å². The van der Waals surface area contributed by atoms with Crippen molar-refractivity contribution in [2.45, 2.75) is 12.5 Å². The average molecular weight is 309 g/mol. The molecule has 2 aromatic rings. The lowest BCUT2D eigenvalue weighted by Crippen LogP contribution is -2.43. The number of ether oxygens (including phenoxy) is 1. The van der Waals surface area contributed by atoms with Crippen molar-refractivity contribution in [3.05, 3.63) is 54.3 Å². The van der Waals surface area contributed by atoms with E-state index in [9.17, 15) is 0 Å². The van der Waals surface area contributed by atoms with Gasteiger partial charge in [-0.3, -0.25) is 4.99 Å². The molecule has 1 aromatic heterocycles. The van der Waals surface area contributed by atoms with Crippen molar-refractivity contribution in [3.63, 3.8) is 0 Å². The van der Waals surface area contributed by atoms with Crippen LogP contribution in [0.15, 0.2) is 53.4 Å². The van der Waals surface area contributed by atoms with Gasteiger partial charge in [-0.05, 0) is 30.7 Å². The predicted octanol–water partition coefficient (Wildman–Crippen LogP) is 1.62. The fourth-order valence-electron chi connectivity index (χ4n) is 2.40. The predicted molar refractivity (Wildman–Crippen MR) is 90.1 cm³/mol. The highest BCUT2D eigenvalue weighted by molar-refractivity contribution is 5.98. The first kappa shape index (κ1) is 15.2. The zero-order valence-electron chi connectivity index (χ0n) is 13.2. The van der Waals surface area contributed by atoms with Crippen LogP contribution in [0.25, 0.3) is 11.1 Å². The van der Waals surface area contributed by atoms with Crippen molar-refractivity contribution in [2.24, 2.45) is 16.5 Å². The van der Waals surface area contributed by atoms with E-state index in [4.69, 9.17) is 16.2 Å². The van der Waals surface area contributed by atoms with Gasteiger partial charge in [-0.2, -0.15) is 0 Å². The molecule has 3 rings (SSSR count). The van der Waals surface area contributed by atoms with E-state index in [0.29, 0.717) is 18.1 Å². The molecule has 0 bridgehead atoms. The van der Waals surface area contributed by atoms with Crippen LogP contribution in [0.3, 0.4) is 0 Å². The van der Waals surface area contributed by atoms with Crippen molar-refractivity contribution in [2.75, 3.05) is 13.7 Å². The Morgan fingerprint density at radius 3 is 2.30 bits per heavy atom. The normalized spacial score (nSPS) is 20.7. The van der Waals surface area contributed by atoms with E-state index in [1.54, 1.807) is 25.6 Å². The number of aromatic nitrogens is 2. The van der Waals surface area contributed by atoms with Gasteiger partial charge in [-0.15, -0.1) is 0 Å². The maximum atomic E-state index is 6.35. The summed E-state index contributed by atoms with van der Waals surface area (Å²) >= 11 is 0. The van der Waals surface area contributed by atoms with Crippen LogP contribution in [0.1, 0.15) is 12.7 Å². The summed E-state index contributed by atoms with van der Waals surface area (Å²) in [5.41, 5.74) is 14.7. The first-order valence-electron chi connectivity index (χ1n) is 7.27. The highest BCUT2D eigenvalue weighted by atomic mass is 16.5. The van der Waals surface area contributed by atoms with Crippen LogP contribution >= 0.6 is 0 Å². The van der Waals surface area contributed by atoms with Crippen LogP contribution in [0.4, 0.5) is 0 Å². The van der Waals surface area contributed by atoms with Crippen LogP contribution in [0.2, 0.25) is 0 Å².